The monoisotopic (exact) mass is 252 g/mol. The summed E-state index contributed by atoms with van der Waals surface area (Å²) in [5, 5.41) is 5.26. The van der Waals surface area contributed by atoms with Crippen molar-refractivity contribution in [3.8, 4) is 11.5 Å². The second-order valence-corrected chi connectivity index (χ2v) is 3.89. The summed E-state index contributed by atoms with van der Waals surface area (Å²) in [5.74, 6) is 1.43. The molecule has 5 heteroatoms. The number of carbonyl (C=O) groups is 1. The molecule has 0 atom stereocenters. The number of hydrogen-bond acceptors (Lipinski definition) is 3. The molecule has 0 saturated carbocycles. The van der Waals surface area contributed by atoms with Gasteiger partial charge in [0.2, 0.25) is 0 Å². The highest BCUT2D eigenvalue weighted by Crippen LogP contribution is 2.30. The summed E-state index contributed by atoms with van der Waals surface area (Å²) in [7, 11) is 4.82. The molecular weight excluding hydrogens is 232 g/mol. The molecule has 0 aliphatic rings. The van der Waals surface area contributed by atoms with Gasteiger partial charge in [-0.1, -0.05) is 0 Å². The standard InChI is InChI=1S/C13H20N2O3/c1-9-7-11(17-3)12(18-4)8-10(9)5-6-15-13(16)14-2/h7-8H,5-6H2,1-4H3,(H2,14,15,16). The van der Waals surface area contributed by atoms with Crippen molar-refractivity contribution in [3.63, 3.8) is 0 Å². The molecule has 1 aromatic rings. The van der Waals surface area contributed by atoms with Crippen molar-refractivity contribution in [1.82, 2.24) is 10.6 Å². The van der Waals surface area contributed by atoms with E-state index >= 15 is 0 Å². The number of amides is 2. The summed E-state index contributed by atoms with van der Waals surface area (Å²) in [4.78, 5) is 11.0. The average molecular weight is 252 g/mol. The first kappa shape index (κ1) is 14.2. The highest BCUT2D eigenvalue weighted by molar-refractivity contribution is 5.73. The molecule has 0 aliphatic heterocycles. The quantitative estimate of drug-likeness (QED) is 0.834. The molecule has 0 bridgehead atoms. The van der Waals surface area contributed by atoms with Crippen LogP contribution in [-0.4, -0.2) is 33.8 Å². The van der Waals surface area contributed by atoms with E-state index < -0.39 is 0 Å². The van der Waals surface area contributed by atoms with Crippen LogP contribution in [0.25, 0.3) is 0 Å². The fourth-order valence-corrected chi connectivity index (χ4v) is 1.69. The van der Waals surface area contributed by atoms with Crippen LogP contribution in [-0.2, 0) is 6.42 Å². The second-order valence-electron chi connectivity index (χ2n) is 3.89. The molecule has 0 unspecified atom stereocenters. The van der Waals surface area contributed by atoms with Gasteiger partial charge in [0.05, 0.1) is 14.2 Å². The van der Waals surface area contributed by atoms with Gasteiger partial charge in [-0.3, -0.25) is 0 Å². The van der Waals surface area contributed by atoms with Crippen LogP contribution in [0.2, 0.25) is 0 Å². The van der Waals surface area contributed by atoms with E-state index in [1.165, 1.54) is 0 Å². The van der Waals surface area contributed by atoms with Gasteiger partial charge < -0.3 is 20.1 Å². The number of urea groups is 1. The Morgan fingerprint density at radius 3 is 2.39 bits per heavy atom. The number of nitrogens with one attached hydrogen (secondary N) is 2. The molecule has 0 aromatic heterocycles. The number of ether oxygens (including phenoxy) is 2. The molecule has 0 radical (unpaired) electrons. The Morgan fingerprint density at radius 2 is 1.83 bits per heavy atom. The maximum Gasteiger partial charge on any atom is 0.314 e. The van der Waals surface area contributed by atoms with Crippen molar-refractivity contribution in [2.75, 3.05) is 27.8 Å². The Kier molecular flexibility index (Phi) is 5.30. The SMILES string of the molecule is CNC(=O)NCCc1cc(OC)c(OC)cc1C. The minimum atomic E-state index is -0.173. The summed E-state index contributed by atoms with van der Waals surface area (Å²) in [6.07, 6.45) is 0.750. The smallest absolute Gasteiger partial charge is 0.314 e. The Balaban J connectivity index is 2.73. The van der Waals surface area contributed by atoms with E-state index in [2.05, 4.69) is 10.6 Å². The van der Waals surface area contributed by atoms with E-state index in [4.69, 9.17) is 9.47 Å². The van der Waals surface area contributed by atoms with Crippen molar-refractivity contribution in [3.05, 3.63) is 23.3 Å². The third-order valence-corrected chi connectivity index (χ3v) is 2.75. The molecular formula is C13H20N2O3. The molecule has 0 aliphatic carbocycles. The van der Waals surface area contributed by atoms with E-state index in [0.717, 1.165) is 23.3 Å². The zero-order valence-corrected chi connectivity index (χ0v) is 11.3. The minimum Gasteiger partial charge on any atom is -0.493 e. The van der Waals surface area contributed by atoms with Crippen LogP contribution in [0.15, 0.2) is 12.1 Å². The van der Waals surface area contributed by atoms with E-state index in [1.54, 1.807) is 21.3 Å². The first-order valence-corrected chi connectivity index (χ1v) is 5.79. The normalized spacial score (nSPS) is 9.78. The highest BCUT2D eigenvalue weighted by atomic mass is 16.5. The molecule has 2 amide bonds. The maximum absolute atomic E-state index is 11.0. The lowest BCUT2D eigenvalue weighted by Gasteiger charge is -2.13. The Morgan fingerprint density at radius 1 is 1.22 bits per heavy atom. The molecule has 100 valence electrons. The van der Waals surface area contributed by atoms with E-state index in [9.17, 15) is 4.79 Å². The first-order chi connectivity index (χ1) is 8.62. The van der Waals surface area contributed by atoms with Crippen molar-refractivity contribution in [2.24, 2.45) is 0 Å². The Bertz CT molecular complexity index is 419. The average Bonchev–Trinajstić information content (AvgIpc) is 2.39. The largest absolute Gasteiger partial charge is 0.493 e. The van der Waals surface area contributed by atoms with Gasteiger partial charge in [-0.15, -0.1) is 0 Å². The van der Waals surface area contributed by atoms with Gasteiger partial charge in [0.25, 0.3) is 0 Å². The van der Waals surface area contributed by atoms with Gasteiger partial charge >= 0.3 is 6.03 Å². The predicted molar refractivity (Wildman–Crippen MR) is 70.4 cm³/mol. The summed E-state index contributed by atoms with van der Waals surface area (Å²) in [6.45, 7) is 2.59. The summed E-state index contributed by atoms with van der Waals surface area (Å²) >= 11 is 0. The van der Waals surface area contributed by atoms with Crippen LogP contribution in [0.3, 0.4) is 0 Å². The van der Waals surface area contributed by atoms with Gasteiger partial charge in [0.1, 0.15) is 0 Å². The van der Waals surface area contributed by atoms with E-state index in [0.29, 0.717) is 12.3 Å². The van der Waals surface area contributed by atoms with E-state index in [-0.39, 0.29) is 6.03 Å². The first-order valence-electron chi connectivity index (χ1n) is 5.79. The molecule has 5 nitrogen and oxygen atoms in total. The number of rotatable bonds is 5. The van der Waals surface area contributed by atoms with Crippen LogP contribution < -0.4 is 20.1 Å². The van der Waals surface area contributed by atoms with Crippen LogP contribution in [0.4, 0.5) is 4.79 Å². The van der Waals surface area contributed by atoms with Gasteiger partial charge in [0.15, 0.2) is 11.5 Å². The molecule has 1 aromatic carbocycles. The topological polar surface area (TPSA) is 59.6 Å². The summed E-state index contributed by atoms with van der Waals surface area (Å²) in [6, 6.07) is 3.71. The van der Waals surface area contributed by atoms with Crippen molar-refractivity contribution < 1.29 is 14.3 Å². The van der Waals surface area contributed by atoms with Gasteiger partial charge in [0, 0.05) is 13.6 Å². The molecule has 0 spiro atoms. The van der Waals surface area contributed by atoms with Crippen LogP contribution >= 0.6 is 0 Å². The van der Waals surface area contributed by atoms with E-state index in [1.807, 2.05) is 19.1 Å². The second kappa shape index (κ2) is 6.74. The lowest BCUT2D eigenvalue weighted by atomic mass is 10.0. The number of hydrogen-bond donors (Lipinski definition) is 2. The molecule has 0 heterocycles. The fraction of sp³-hybridized carbons (Fsp3) is 0.462. The third-order valence-electron chi connectivity index (χ3n) is 2.75. The molecule has 18 heavy (non-hydrogen) atoms. The summed E-state index contributed by atoms with van der Waals surface area (Å²) in [5.41, 5.74) is 2.25. The van der Waals surface area contributed by atoms with Crippen molar-refractivity contribution in [1.29, 1.82) is 0 Å². The zero-order chi connectivity index (χ0) is 13.5. The predicted octanol–water partition coefficient (Wildman–Crippen LogP) is 1.48. The lowest BCUT2D eigenvalue weighted by molar-refractivity contribution is 0.243. The number of aryl methyl sites for hydroxylation is 1. The number of benzene rings is 1. The fourth-order valence-electron chi connectivity index (χ4n) is 1.69. The van der Waals surface area contributed by atoms with Gasteiger partial charge in [-0.25, -0.2) is 4.79 Å². The molecule has 0 fully saturated rings. The number of methoxy groups -OCH3 is 2. The van der Waals surface area contributed by atoms with Gasteiger partial charge in [-0.2, -0.15) is 0 Å². The lowest BCUT2D eigenvalue weighted by Crippen LogP contribution is -2.34. The van der Waals surface area contributed by atoms with Crippen molar-refractivity contribution in [2.45, 2.75) is 13.3 Å². The van der Waals surface area contributed by atoms with Gasteiger partial charge in [-0.05, 0) is 36.6 Å². The van der Waals surface area contributed by atoms with Crippen LogP contribution in [0.5, 0.6) is 11.5 Å². The minimum absolute atomic E-state index is 0.173. The molecule has 2 N–H and O–H groups in total. The molecule has 0 saturated heterocycles. The number of carbonyl (C=O) groups excluding carboxylic acids is 1. The zero-order valence-electron chi connectivity index (χ0n) is 11.3. The van der Waals surface area contributed by atoms with Crippen molar-refractivity contribution >= 4 is 6.03 Å². The van der Waals surface area contributed by atoms with Crippen LogP contribution in [0.1, 0.15) is 11.1 Å². The summed E-state index contributed by atoms with van der Waals surface area (Å²) < 4.78 is 10.5. The Hall–Kier alpha value is -1.91. The maximum atomic E-state index is 11.0. The highest BCUT2D eigenvalue weighted by Gasteiger charge is 2.08. The van der Waals surface area contributed by atoms with Crippen LogP contribution in [0, 0.1) is 6.92 Å². The third kappa shape index (κ3) is 3.55. The molecule has 1 rings (SSSR count). The Labute approximate surface area is 107 Å².